The van der Waals surface area contributed by atoms with Gasteiger partial charge in [-0.1, -0.05) is 34.8 Å². The van der Waals surface area contributed by atoms with Crippen LogP contribution in [0.1, 0.15) is 6.92 Å². The highest BCUT2D eigenvalue weighted by molar-refractivity contribution is 8.00. The molecule has 110 valence electrons. The quantitative estimate of drug-likeness (QED) is 0.702. The van der Waals surface area contributed by atoms with Crippen molar-refractivity contribution < 1.29 is 4.79 Å². The fourth-order valence-electron chi connectivity index (χ4n) is 1.59. The van der Waals surface area contributed by atoms with E-state index in [4.69, 9.17) is 34.8 Å². The number of rotatable bonds is 4. The van der Waals surface area contributed by atoms with E-state index >= 15 is 0 Å². The number of benzene rings is 2. The standard InChI is InChI=1S/C15H12Cl3NOS/c1-9(21-12-5-2-10(16)3-6-12)15(20)19-11-4-7-13(17)14(18)8-11/h2-9H,1H3,(H,19,20)/t9-/m1/s1. The lowest BCUT2D eigenvalue weighted by Gasteiger charge is -2.12. The largest absolute Gasteiger partial charge is 0.325 e. The molecule has 0 aliphatic carbocycles. The van der Waals surface area contributed by atoms with Gasteiger partial charge < -0.3 is 5.32 Å². The van der Waals surface area contributed by atoms with Gasteiger partial charge in [-0.25, -0.2) is 0 Å². The second-order valence-corrected chi connectivity index (χ2v) is 7.00. The molecule has 2 aromatic carbocycles. The second-order valence-electron chi connectivity index (χ2n) is 4.33. The Balaban J connectivity index is 1.98. The number of carbonyl (C=O) groups is 1. The Hall–Kier alpha value is -0.870. The number of nitrogens with one attached hydrogen (secondary N) is 1. The first-order chi connectivity index (χ1) is 9.95. The maximum absolute atomic E-state index is 12.1. The predicted octanol–water partition coefficient (Wildman–Crippen LogP) is 5.77. The van der Waals surface area contributed by atoms with Crippen LogP contribution >= 0.6 is 46.6 Å². The molecule has 0 aromatic heterocycles. The normalized spacial score (nSPS) is 12.0. The van der Waals surface area contributed by atoms with Crippen LogP contribution in [0.4, 0.5) is 5.69 Å². The van der Waals surface area contributed by atoms with Crippen LogP contribution in [0.15, 0.2) is 47.4 Å². The van der Waals surface area contributed by atoms with Crippen LogP contribution in [0.25, 0.3) is 0 Å². The van der Waals surface area contributed by atoms with Crippen LogP contribution in [0.3, 0.4) is 0 Å². The first kappa shape index (κ1) is 16.5. The summed E-state index contributed by atoms with van der Waals surface area (Å²) in [6.07, 6.45) is 0. The molecule has 0 fully saturated rings. The first-order valence-electron chi connectivity index (χ1n) is 6.14. The second kappa shape index (κ2) is 7.41. The van der Waals surface area contributed by atoms with Crippen molar-refractivity contribution in [2.24, 2.45) is 0 Å². The molecule has 0 heterocycles. The molecule has 0 bridgehead atoms. The summed E-state index contributed by atoms with van der Waals surface area (Å²) in [6, 6.07) is 12.4. The lowest BCUT2D eigenvalue weighted by atomic mass is 10.3. The van der Waals surface area contributed by atoms with Crippen LogP contribution in [0.2, 0.25) is 15.1 Å². The van der Waals surface area contributed by atoms with Crippen molar-refractivity contribution >= 4 is 58.2 Å². The molecule has 1 amide bonds. The van der Waals surface area contributed by atoms with Crippen LogP contribution in [-0.4, -0.2) is 11.2 Å². The van der Waals surface area contributed by atoms with Gasteiger partial charge in [0.2, 0.25) is 5.91 Å². The molecule has 0 saturated carbocycles. The Kier molecular flexibility index (Phi) is 5.82. The molecule has 0 aliphatic rings. The number of thioether (sulfide) groups is 1. The van der Waals surface area contributed by atoms with Gasteiger partial charge in [-0.3, -0.25) is 4.79 Å². The minimum Gasteiger partial charge on any atom is -0.325 e. The minimum atomic E-state index is -0.249. The number of amides is 1. The number of anilines is 1. The molecular weight excluding hydrogens is 349 g/mol. The van der Waals surface area contributed by atoms with Crippen molar-refractivity contribution in [3.05, 3.63) is 57.5 Å². The SMILES string of the molecule is C[C@@H](Sc1ccc(Cl)cc1)C(=O)Nc1ccc(Cl)c(Cl)c1. The minimum absolute atomic E-state index is 0.103. The van der Waals surface area contributed by atoms with Crippen molar-refractivity contribution in [3.63, 3.8) is 0 Å². The third-order valence-electron chi connectivity index (χ3n) is 2.68. The van der Waals surface area contributed by atoms with E-state index in [0.29, 0.717) is 20.8 Å². The molecule has 2 nitrogen and oxygen atoms in total. The zero-order valence-electron chi connectivity index (χ0n) is 11.1. The molecule has 0 spiro atoms. The summed E-state index contributed by atoms with van der Waals surface area (Å²) in [5.41, 5.74) is 0.623. The van der Waals surface area contributed by atoms with Gasteiger partial charge in [-0.05, 0) is 49.4 Å². The summed E-state index contributed by atoms with van der Waals surface area (Å²) in [4.78, 5) is 13.1. The lowest BCUT2D eigenvalue weighted by Crippen LogP contribution is -2.22. The van der Waals surface area contributed by atoms with E-state index < -0.39 is 0 Å². The van der Waals surface area contributed by atoms with E-state index in [-0.39, 0.29) is 11.2 Å². The number of carbonyl (C=O) groups excluding carboxylic acids is 1. The van der Waals surface area contributed by atoms with E-state index in [1.54, 1.807) is 30.3 Å². The van der Waals surface area contributed by atoms with Crippen LogP contribution < -0.4 is 5.32 Å². The molecule has 0 saturated heterocycles. The monoisotopic (exact) mass is 359 g/mol. The molecule has 1 atom stereocenters. The fourth-order valence-corrected chi connectivity index (χ4v) is 2.88. The van der Waals surface area contributed by atoms with Gasteiger partial charge in [0.15, 0.2) is 0 Å². The molecule has 2 aromatic rings. The van der Waals surface area contributed by atoms with E-state index in [1.807, 2.05) is 19.1 Å². The average Bonchev–Trinajstić information content (AvgIpc) is 2.45. The number of hydrogen-bond acceptors (Lipinski definition) is 2. The molecule has 21 heavy (non-hydrogen) atoms. The predicted molar refractivity (Wildman–Crippen MR) is 91.9 cm³/mol. The van der Waals surface area contributed by atoms with Gasteiger partial charge >= 0.3 is 0 Å². The van der Waals surface area contributed by atoms with Gasteiger partial charge in [0.05, 0.1) is 15.3 Å². The van der Waals surface area contributed by atoms with Gasteiger partial charge in [-0.15, -0.1) is 11.8 Å². The van der Waals surface area contributed by atoms with Crippen LogP contribution in [0, 0.1) is 0 Å². The Morgan fingerprint density at radius 1 is 1.05 bits per heavy atom. The topological polar surface area (TPSA) is 29.1 Å². The van der Waals surface area contributed by atoms with Gasteiger partial charge in [0.25, 0.3) is 0 Å². The summed E-state index contributed by atoms with van der Waals surface area (Å²) in [7, 11) is 0. The molecular formula is C15H12Cl3NOS. The van der Waals surface area contributed by atoms with Crippen molar-refractivity contribution in [1.29, 1.82) is 0 Å². The van der Waals surface area contributed by atoms with Crippen molar-refractivity contribution in [1.82, 2.24) is 0 Å². The lowest BCUT2D eigenvalue weighted by molar-refractivity contribution is -0.115. The van der Waals surface area contributed by atoms with E-state index in [0.717, 1.165) is 4.90 Å². The smallest absolute Gasteiger partial charge is 0.237 e. The third-order valence-corrected chi connectivity index (χ3v) is 4.79. The zero-order chi connectivity index (χ0) is 15.4. The number of halogens is 3. The highest BCUT2D eigenvalue weighted by atomic mass is 35.5. The maximum Gasteiger partial charge on any atom is 0.237 e. The van der Waals surface area contributed by atoms with Gasteiger partial charge in [0, 0.05) is 15.6 Å². The number of hydrogen-bond donors (Lipinski definition) is 1. The summed E-state index contributed by atoms with van der Waals surface area (Å²) in [6.45, 7) is 1.84. The first-order valence-corrected chi connectivity index (χ1v) is 8.15. The third kappa shape index (κ3) is 4.82. The zero-order valence-corrected chi connectivity index (χ0v) is 14.2. The molecule has 6 heteroatoms. The maximum atomic E-state index is 12.1. The van der Waals surface area contributed by atoms with E-state index in [9.17, 15) is 4.79 Å². The molecule has 1 N–H and O–H groups in total. The van der Waals surface area contributed by atoms with E-state index in [1.165, 1.54) is 11.8 Å². The highest BCUT2D eigenvalue weighted by Crippen LogP contribution is 2.27. The molecule has 0 aliphatic heterocycles. The molecule has 0 radical (unpaired) electrons. The summed E-state index contributed by atoms with van der Waals surface area (Å²) >= 11 is 19.1. The summed E-state index contributed by atoms with van der Waals surface area (Å²) in [5, 5.41) is 4.10. The average molecular weight is 361 g/mol. The van der Waals surface area contributed by atoms with Crippen LogP contribution in [0.5, 0.6) is 0 Å². The van der Waals surface area contributed by atoms with Gasteiger partial charge in [0.1, 0.15) is 0 Å². The Labute approximate surface area is 142 Å². The summed E-state index contributed by atoms with van der Waals surface area (Å²) in [5.74, 6) is -0.103. The highest BCUT2D eigenvalue weighted by Gasteiger charge is 2.15. The molecule has 0 unspecified atom stereocenters. The summed E-state index contributed by atoms with van der Waals surface area (Å²) < 4.78 is 0. The van der Waals surface area contributed by atoms with Crippen molar-refractivity contribution in [2.75, 3.05) is 5.32 Å². The molecule has 2 rings (SSSR count). The van der Waals surface area contributed by atoms with Gasteiger partial charge in [-0.2, -0.15) is 0 Å². The van der Waals surface area contributed by atoms with Crippen molar-refractivity contribution in [2.45, 2.75) is 17.1 Å². The van der Waals surface area contributed by atoms with E-state index in [2.05, 4.69) is 5.32 Å². The fraction of sp³-hybridized carbons (Fsp3) is 0.133. The Morgan fingerprint density at radius 3 is 2.33 bits per heavy atom. The Morgan fingerprint density at radius 2 is 1.71 bits per heavy atom. The Bertz CT molecular complexity index is 646. The van der Waals surface area contributed by atoms with Crippen molar-refractivity contribution in [3.8, 4) is 0 Å². The van der Waals surface area contributed by atoms with Crippen LogP contribution in [-0.2, 0) is 4.79 Å².